The van der Waals surface area contributed by atoms with Gasteiger partial charge in [0.05, 0.1) is 17.9 Å². The van der Waals surface area contributed by atoms with Crippen LogP contribution in [0.4, 0.5) is 57.4 Å². The van der Waals surface area contributed by atoms with Gasteiger partial charge in [-0.2, -0.15) is 86.4 Å². The molecule has 13 nitrogen and oxygen atoms in total. The van der Waals surface area contributed by atoms with Crippen LogP contribution in [0, 0.1) is 0 Å². The summed E-state index contributed by atoms with van der Waals surface area (Å²) in [4.78, 5) is 0. The Morgan fingerprint density at radius 1 is 0.407 bits per heavy atom. The highest BCUT2D eigenvalue weighted by molar-refractivity contribution is 9.11. The van der Waals surface area contributed by atoms with Crippen molar-refractivity contribution in [3.05, 3.63) is 66.4 Å². The smallest absolute Gasteiger partial charge is 0.507 e. The van der Waals surface area contributed by atoms with Crippen LogP contribution in [-0.2, 0) is 44.1 Å². The average Bonchev–Trinajstić information content (AvgIpc) is 2.98. The highest BCUT2D eigenvalue weighted by Crippen LogP contribution is 2.40. The van der Waals surface area contributed by atoms with Crippen LogP contribution in [0.15, 0.2) is 66.4 Å². The molecule has 0 heterocycles. The van der Waals surface area contributed by atoms with E-state index in [1.165, 1.54) is 0 Å². The van der Waals surface area contributed by atoms with E-state index in [9.17, 15) is 96.6 Å². The Morgan fingerprint density at radius 3 is 0.881 bits per heavy atom. The first-order valence-corrected chi connectivity index (χ1v) is 21.6. The molecule has 59 heavy (non-hydrogen) atoms. The van der Waals surface area contributed by atoms with E-state index in [0.717, 1.165) is 35.0 Å². The fourth-order valence-electron chi connectivity index (χ4n) is 3.18. The molecule has 0 saturated heterocycles. The zero-order valence-corrected chi connectivity index (χ0v) is 35.7. The molecule has 0 atom stereocenters. The maximum atomic E-state index is 12.5. The molecule has 0 aliphatic carbocycles. The average molecular weight is 1220 g/mol. The van der Waals surface area contributed by atoms with Crippen molar-refractivity contribution in [3.63, 3.8) is 0 Å². The van der Waals surface area contributed by atoms with Gasteiger partial charge in [0.25, 0.3) is 0 Å². The van der Waals surface area contributed by atoms with E-state index >= 15 is 0 Å². The lowest BCUT2D eigenvalue weighted by molar-refractivity contribution is -0.0586. The Labute approximate surface area is 355 Å². The van der Waals surface area contributed by atoms with Crippen LogP contribution < -0.4 is 8.37 Å². The predicted molar refractivity (Wildman–Crippen MR) is 193 cm³/mol. The van der Waals surface area contributed by atoms with Crippen molar-refractivity contribution in [2.45, 2.75) is 29.5 Å². The molecule has 34 heteroatoms. The van der Waals surface area contributed by atoms with Gasteiger partial charge in [0.2, 0.25) is 0 Å². The van der Waals surface area contributed by atoms with Crippen LogP contribution in [0.25, 0.3) is 21.5 Å². The largest absolute Gasteiger partial charge is 0.534 e. The number of phenols is 2. The molecular weight excluding hydrogens is 1200 g/mol. The molecule has 0 bridgehead atoms. The maximum absolute atomic E-state index is 12.5. The first-order valence-electron chi connectivity index (χ1n) is 12.8. The molecule has 0 aliphatic rings. The van der Waals surface area contributed by atoms with E-state index in [1.54, 1.807) is 24.3 Å². The van der Waals surface area contributed by atoms with Crippen LogP contribution in [0.1, 0.15) is 7.43 Å². The minimum absolute atomic E-state index is 0. The van der Waals surface area contributed by atoms with Crippen molar-refractivity contribution in [2.24, 2.45) is 0 Å². The summed E-state index contributed by atoms with van der Waals surface area (Å²) in [5.41, 5.74) is -24.0. The summed E-state index contributed by atoms with van der Waals surface area (Å²) in [6, 6.07) is 10.5. The van der Waals surface area contributed by atoms with Crippen LogP contribution in [0.5, 0.6) is 23.0 Å². The summed E-state index contributed by atoms with van der Waals surface area (Å²) in [5, 5.41) is 20.6. The summed E-state index contributed by atoms with van der Waals surface area (Å²) < 4.78 is 238. The van der Waals surface area contributed by atoms with Gasteiger partial charge in [-0.15, -0.1) is 3.63 Å². The van der Waals surface area contributed by atoms with Gasteiger partial charge in [-0.3, -0.25) is 4.70 Å². The monoisotopic (exact) mass is 1210 g/mol. The van der Waals surface area contributed by atoms with Gasteiger partial charge in [0, 0.05) is 0 Å². The summed E-state index contributed by atoms with van der Waals surface area (Å²) in [6.45, 7) is 0. The Bertz CT molecular complexity index is 2420. The van der Waals surface area contributed by atoms with Crippen LogP contribution >= 0.6 is 63.7 Å². The van der Waals surface area contributed by atoms with E-state index in [0.29, 0.717) is 8.95 Å². The van der Waals surface area contributed by atoms with E-state index < -0.39 is 74.0 Å². The molecule has 0 unspecified atom stereocenters. The minimum Gasteiger partial charge on any atom is -0.507 e. The number of fused-ring (bicyclic) bond motifs is 2. The van der Waals surface area contributed by atoms with Gasteiger partial charge in [-0.05, 0) is 134 Å². The fraction of sp³-hybridized carbons (Fsp3) is 0.200. The minimum atomic E-state index is -6.85. The molecule has 336 valence electrons. The van der Waals surface area contributed by atoms with Crippen LogP contribution in [-0.4, -0.2) is 65.9 Å². The van der Waals surface area contributed by atoms with E-state index in [2.05, 4.69) is 72.1 Å². The molecule has 0 saturated carbocycles. The molecule has 0 amide bonds. The lowest BCUT2D eigenvalue weighted by Gasteiger charge is -2.14. The Kier molecular flexibility index (Phi) is 18.3. The summed E-state index contributed by atoms with van der Waals surface area (Å²) in [5.74, 6) is -1.34. The van der Waals surface area contributed by atoms with E-state index in [1.807, 2.05) is 3.63 Å². The SMILES string of the molecule is C.F.O=S(=O)(OS(=O)(=O)C(F)(F)F)C(F)(F)F.O=S(=O)(Oc1cc2cc(OS(=O)(=O)C(F)(F)F)c(Br)cc2cc1Br)C(F)(F)F.Oc1cc2cc(O)c(Br)cc2cc1Br. The number of hydrogen-bond donors (Lipinski definition) is 2. The zero-order chi connectivity index (χ0) is 44.7. The Morgan fingerprint density at radius 2 is 0.627 bits per heavy atom. The second-order valence-corrected chi connectivity index (χ2v) is 19.5. The standard InChI is InChI=1S/C12H4Br2F6O6S2.C10H6Br2O2.C2F6O5S2.CH4.FH/c13-7-1-5-2-8(14)10(26-28(23,24)12(18,19)20)4-6(5)3-9(7)25-27(21,22)11(15,16)17;11-7-1-5-2-8(12)10(14)4-6(5)3-9(7)13;3-1(4,5)14(9,10)13-15(11,12)2(6,7)8;;/h1-4H;1-4,13-14H;;1H4;1H. The quantitative estimate of drug-likeness (QED) is 0.105. The number of aromatic hydroxyl groups is 2. The van der Waals surface area contributed by atoms with Gasteiger partial charge >= 0.3 is 62.5 Å². The topological polar surface area (TPSA) is 205 Å². The summed E-state index contributed by atoms with van der Waals surface area (Å²) in [6.07, 6.45) is 0. The van der Waals surface area contributed by atoms with Crippen molar-refractivity contribution in [2.75, 3.05) is 0 Å². The number of phenolic OH excluding ortho intramolecular Hbond substituents is 2. The number of benzene rings is 4. The van der Waals surface area contributed by atoms with E-state index in [4.69, 9.17) is 0 Å². The molecule has 4 rings (SSSR count). The van der Waals surface area contributed by atoms with Crippen molar-refractivity contribution in [1.82, 2.24) is 0 Å². The predicted octanol–water partition coefficient (Wildman–Crippen LogP) is 10.1. The molecule has 4 aromatic rings. The highest BCUT2D eigenvalue weighted by Gasteiger charge is 2.57. The third-order valence-corrected chi connectivity index (χ3v) is 12.6. The molecule has 4 aromatic carbocycles. The number of alkyl halides is 12. The second kappa shape index (κ2) is 19.2. The van der Waals surface area contributed by atoms with Crippen LogP contribution in [0.2, 0.25) is 0 Å². The van der Waals surface area contributed by atoms with Gasteiger partial charge in [0.15, 0.2) is 11.5 Å². The first-order chi connectivity index (χ1) is 25.2. The van der Waals surface area contributed by atoms with Crippen molar-refractivity contribution >= 4 is 126 Å². The fourth-order valence-corrected chi connectivity index (χ4v) is 7.49. The summed E-state index contributed by atoms with van der Waals surface area (Å²) in [7, 11) is -25.7. The summed E-state index contributed by atoms with van der Waals surface area (Å²) >= 11 is 12.1. The molecule has 0 aliphatic heterocycles. The zero-order valence-electron chi connectivity index (χ0n) is 26.1. The normalized spacial score (nSPS) is 12.9. The molecular formula is C25H15Br4F13O13S4. The van der Waals surface area contributed by atoms with Crippen LogP contribution in [0.3, 0.4) is 0 Å². The highest BCUT2D eigenvalue weighted by atomic mass is 79.9. The van der Waals surface area contributed by atoms with Crippen molar-refractivity contribution in [1.29, 1.82) is 0 Å². The lowest BCUT2D eigenvalue weighted by Crippen LogP contribution is -2.34. The van der Waals surface area contributed by atoms with Gasteiger partial charge in [-0.25, -0.2) is 0 Å². The van der Waals surface area contributed by atoms with Crippen molar-refractivity contribution in [3.8, 4) is 23.0 Å². The third kappa shape index (κ3) is 14.2. The van der Waals surface area contributed by atoms with Gasteiger partial charge in [-0.1, -0.05) is 7.43 Å². The van der Waals surface area contributed by atoms with E-state index in [-0.39, 0.29) is 43.3 Å². The Hall–Kier alpha value is -2.63. The third-order valence-electron chi connectivity index (χ3n) is 5.63. The van der Waals surface area contributed by atoms with Gasteiger partial charge < -0.3 is 18.6 Å². The number of rotatable bonds is 6. The molecule has 2 N–H and O–H groups in total. The molecule has 0 fully saturated rings. The van der Waals surface area contributed by atoms with Gasteiger partial charge in [0.1, 0.15) is 11.5 Å². The number of halogens is 17. The molecule has 0 spiro atoms. The van der Waals surface area contributed by atoms with Crippen molar-refractivity contribution < 1.29 is 113 Å². The molecule has 0 radical (unpaired) electrons. The second-order valence-electron chi connectivity index (χ2n) is 9.70. The number of hydrogen-bond acceptors (Lipinski definition) is 13. The molecule has 0 aromatic heterocycles. The lowest BCUT2D eigenvalue weighted by atomic mass is 10.1. The Balaban J connectivity index is 0.000000920. The first kappa shape index (κ1) is 56.4. The maximum Gasteiger partial charge on any atom is 0.534 e.